The lowest BCUT2D eigenvalue weighted by atomic mass is 10.1. The number of carboxylic acids is 1. The summed E-state index contributed by atoms with van der Waals surface area (Å²) in [6.07, 6.45) is -2.39. The fourth-order valence-corrected chi connectivity index (χ4v) is 2.52. The van der Waals surface area contributed by atoms with Crippen molar-refractivity contribution in [3.8, 4) is 0 Å². The average molecular weight is 293 g/mol. The second-order valence-corrected chi connectivity index (χ2v) is 5.49. The van der Waals surface area contributed by atoms with Crippen LogP contribution in [0.15, 0.2) is 23.1 Å². The Morgan fingerprint density at radius 2 is 2.05 bits per heavy atom. The molecule has 0 aliphatic rings. The van der Waals surface area contributed by atoms with E-state index in [1.807, 2.05) is 0 Å². The van der Waals surface area contributed by atoms with Crippen LogP contribution in [0.3, 0.4) is 0 Å². The number of rotatable bonds is 6. The van der Waals surface area contributed by atoms with E-state index in [2.05, 4.69) is 0 Å². The lowest BCUT2D eigenvalue weighted by molar-refractivity contribution is 0.0695. The highest BCUT2D eigenvalue weighted by atomic mass is 32.2. The van der Waals surface area contributed by atoms with Crippen molar-refractivity contribution in [2.45, 2.75) is 24.7 Å². The van der Waals surface area contributed by atoms with Crippen LogP contribution in [-0.4, -0.2) is 32.5 Å². The Morgan fingerprint density at radius 1 is 1.42 bits per heavy atom. The molecule has 1 aromatic rings. The highest BCUT2D eigenvalue weighted by Crippen LogP contribution is 2.17. The van der Waals surface area contributed by atoms with Gasteiger partial charge in [0, 0.05) is 0 Å². The summed E-state index contributed by atoms with van der Waals surface area (Å²) in [5.74, 6) is -1.26. The molecule has 5 nitrogen and oxygen atoms in total. The summed E-state index contributed by atoms with van der Waals surface area (Å²) in [5, 5.41) is 8.97. The summed E-state index contributed by atoms with van der Waals surface area (Å²) in [5.41, 5.74) is 0.322. The fourth-order valence-electron chi connectivity index (χ4n) is 1.49. The standard InChI is InChI=1S/C11H13F2NO4S/c1-2-7-3-4-8(5-9(7)11(15)16)19(17,18)14-6-10(12)13/h3-5,10,14H,2,6H2,1H3,(H,15,16). The Balaban J connectivity index is 3.14. The van der Waals surface area contributed by atoms with E-state index in [1.165, 1.54) is 12.1 Å². The van der Waals surface area contributed by atoms with Crippen LogP contribution in [0.25, 0.3) is 0 Å². The lowest BCUT2D eigenvalue weighted by Gasteiger charge is -2.09. The van der Waals surface area contributed by atoms with E-state index in [0.717, 1.165) is 6.07 Å². The van der Waals surface area contributed by atoms with Crippen molar-refractivity contribution < 1.29 is 27.1 Å². The van der Waals surface area contributed by atoms with Gasteiger partial charge in [0.1, 0.15) is 0 Å². The van der Waals surface area contributed by atoms with Crippen molar-refractivity contribution in [2.75, 3.05) is 6.54 Å². The second-order valence-electron chi connectivity index (χ2n) is 3.72. The molecule has 19 heavy (non-hydrogen) atoms. The number of halogens is 2. The van der Waals surface area contributed by atoms with Gasteiger partial charge in [-0.15, -0.1) is 0 Å². The molecule has 1 rings (SSSR count). The quantitative estimate of drug-likeness (QED) is 0.832. The summed E-state index contributed by atoms with van der Waals surface area (Å²) in [4.78, 5) is 10.6. The topological polar surface area (TPSA) is 83.5 Å². The Kier molecular flexibility index (Phi) is 4.96. The zero-order valence-corrected chi connectivity index (χ0v) is 10.9. The molecule has 0 aliphatic carbocycles. The van der Waals surface area contributed by atoms with Gasteiger partial charge in [0.15, 0.2) is 0 Å². The highest BCUT2D eigenvalue weighted by molar-refractivity contribution is 7.89. The van der Waals surface area contributed by atoms with Crippen molar-refractivity contribution in [1.29, 1.82) is 0 Å². The molecule has 0 aliphatic heterocycles. The van der Waals surface area contributed by atoms with E-state index in [4.69, 9.17) is 5.11 Å². The predicted molar refractivity (Wildman–Crippen MR) is 64.0 cm³/mol. The maximum atomic E-state index is 12.0. The molecule has 0 heterocycles. The minimum atomic E-state index is -4.13. The molecule has 0 aromatic heterocycles. The minimum absolute atomic E-state index is 0.151. The summed E-state index contributed by atoms with van der Waals surface area (Å²) in [6, 6.07) is 3.52. The normalized spacial score (nSPS) is 11.8. The van der Waals surface area contributed by atoms with Crippen LogP contribution in [0.2, 0.25) is 0 Å². The second kappa shape index (κ2) is 6.07. The molecule has 0 atom stereocenters. The summed E-state index contributed by atoms with van der Waals surface area (Å²) in [6.45, 7) is 0.714. The zero-order chi connectivity index (χ0) is 14.6. The van der Waals surface area contributed by atoms with Gasteiger partial charge in [0.2, 0.25) is 10.0 Å². The van der Waals surface area contributed by atoms with Gasteiger partial charge in [0.25, 0.3) is 6.43 Å². The molecule has 2 N–H and O–H groups in total. The van der Waals surface area contributed by atoms with Crippen molar-refractivity contribution in [2.24, 2.45) is 0 Å². The monoisotopic (exact) mass is 293 g/mol. The van der Waals surface area contributed by atoms with E-state index in [0.29, 0.717) is 12.0 Å². The van der Waals surface area contributed by atoms with Crippen LogP contribution in [0.1, 0.15) is 22.8 Å². The Hall–Kier alpha value is -1.54. The van der Waals surface area contributed by atoms with Crippen molar-refractivity contribution in [1.82, 2.24) is 4.72 Å². The van der Waals surface area contributed by atoms with Crippen LogP contribution < -0.4 is 4.72 Å². The van der Waals surface area contributed by atoms with Crippen LogP contribution in [0.4, 0.5) is 8.78 Å². The number of hydrogen-bond acceptors (Lipinski definition) is 3. The Morgan fingerprint density at radius 3 is 2.53 bits per heavy atom. The first-order chi connectivity index (χ1) is 8.77. The van der Waals surface area contributed by atoms with Gasteiger partial charge in [-0.05, 0) is 24.1 Å². The molecule has 0 radical (unpaired) electrons. The van der Waals surface area contributed by atoms with E-state index < -0.39 is 29.0 Å². The Labute approximate surface area is 109 Å². The summed E-state index contributed by atoms with van der Waals surface area (Å²) in [7, 11) is -4.13. The van der Waals surface area contributed by atoms with Crippen LogP contribution in [0, 0.1) is 0 Å². The molecule has 0 saturated carbocycles. The number of aryl methyl sites for hydroxylation is 1. The third-order valence-electron chi connectivity index (χ3n) is 2.43. The van der Waals surface area contributed by atoms with E-state index in [-0.39, 0.29) is 10.5 Å². The van der Waals surface area contributed by atoms with E-state index in [1.54, 1.807) is 11.6 Å². The molecule has 0 bridgehead atoms. The molecule has 0 amide bonds. The first kappa shape index (κ1) is 15.5. The van der Waals surface area contributed by atoms with E-state index >= 15 is 0 Å². The van der Waals surface area contributed by atoms with Gasteiger partial charge in [-0.2, -0.15) is 0 Å². The van der Waals surface area contributed by atoms with Gasteiger partial charge in [-0.25, -0.2) is 26.7 Å². The van der Waals surface area contributed by atoms with Crippen molar-refractivity contribution >= 4 is 16.0 Å². The lowest BCUT2D eigenvalue weighted by Crippen LogP contribution is -2.28. The molecule has 0 saturated heterocycles. The molecular formula is C11H13F2NO4S. The number of hydrogen-bond donors (Lipinski definition) is 2. The highest BCUT2D eigenvalue weighted by Gasteiger charge is 2.19. The molecule has 0 spiro atoms. The smallest absolute Gasteiger partial charge is 0.336 e. The minimum Gasteiger partial charge on any atom is -0.478 e. The van der Waals surface area contributed by atoms with Crippen molar-refractivity contribution in [3.63, 3.8) is 0 Å². The first-order valence-corrected chi connectivity index (χ1v) is 6.90. The Bertz CT molecular complexity index is 572. The van der Waals surface area contributed by atoms with Crippen molar-refractivity contribution in [3.05, 3.63) is 29.3 Å². The molecule has 0 unspecified atom stereocenters. The van der Waals surface area contributed by atoms with Gasteiger partial charge < -0.3 is 5.11 Å². The third-order valence-corrected chi connectivity index (χ3v) is 3.85. The molecule has 1 aromatic carbocycles. The van der Waals surface area contributed by atoms with Gasteiger partial charge in [-0.1, -0.05) is 13.0 Å². The van der Waals surface area contributed by atoms with E-state index in [9.17, 15) is 22.0 Å². The SMILES string of the molecule is CCc1ccc(S(=O)(=O)NCC(F)F)cc1C(=O)O. The number of carbonyl (C=O) groups is 1. The molecule has 0 fully saturated rings. The molecular weight excluding hydrogens is 280 g/mol. The molecule has 106 valence electrons. The maximum absolute atomic E-state index is 12.0. The zero-order valence-electron chi connectivity index (χ0n) is 10.1. The number of sulfonamides is 1. The maximum Gasteiger partial charge on any atom is 0.336 e. The fraction of sp³-hybridized carbons (Fsp3) is 0.364. The van der Waals surface area contributed by atoms with Gasteiger partial charge in [0.05, 0.1) is 17.0 Å². The van der Waals surface area contributed by atoms with Crippen LogP contribution >= 0.6 is 0 Å². The number of nitrogens with one attached hydrogen (secondary N) is 1. The molecule has 8 heteroatoms. The first-order valence-electron chi connectivity index (χ1n) is 5.42. The summed E-state index contributed by atoms with van der Waals surface area (Å²) >= 11 is 0. The van der Waals surface area contributed by atoms with Gasteiger partial charge >= 0.3 is 5.97 Å². The van der Waals surface area contributed by atoms with Crippen LogP contribution in [-0.2, 0) is 16.4 Å². The number of carboxylic acid groups (broad SMARTS) is 1. The predicted octanol–water partition coefficient (Wildman–Crippen LogP) is 1.49. The number of aromatic carboxylic acids is 1. The van der Waals surface area contributed by atoms with Crippen LogP contribution in [0.5, 0.6) is 0 Å². The third kappa shape index (κ3) is 3.97. The largest absolute Gasteiger partial charge is 0.478 e. The number of alkyl halides is 2. The number of benzene rings is 1. The summed E-state index contributed by atoms with van der Waals surface area (Å²) < 4.78 is 49.0. The van der Waals surface area contributed by atoms with Gasteiger partial charge in [-0.3, -0.25) is 0 Å². The average Bonchev–Trinajstić information content (AvgIpc) is 2.35.